The average Bonchev–Trinajstić information content (AvgIpc) is 2.61. The normalized spacial score (nSPS) is 12.7. The Balaban J connectivity index is 2.67. The van der Waals surface area contributed by atoms with E-state index < -0.39 is 10.0 Å². The second-order valence-corrected chi connectivity index (χ2v) is 8.33. The van der Waals surface area contributed by atoms with Gasteiger partial charge < -0.3 is 5.32 Å². The molecule has 0 aliphatic carbocycles. The van der Waals surface area contributed by atoms with Gasteiger partial charge in [-0.15, -0.1) is 0 Å². The maximum Gasteiger partial charge on any atom is 0.251 e. The monoisotopic (exact) mass is 354 g/mol. The topological polar surface area (TPSA) is 66.5 Å². The van der Waals surface area contributed by atoms with Gasteiger partial charge >= 0.3 is 0 Å². The van der Waals surface area contributed by atoms with Crippen molar-refractivity contribution in [2.24, 2.45) is 5.92 Å². The number of unbranched alkanes of at least 4 members (excludes halogenated alkanes) is 1. The molecule has 0 aromatic heterocycles. The van der Waals surface area contributed by atoms with Gasteiger partial charge in [0.15, 0.2) is 0 Å². The van der Waals surface area contributed by atoms with E-state index in [2.05, 4.69) is 19.2 Å². The maximum atomic E-state index is 12.2. The standard InChI is InChI=1S/C18H30N2O3S/c1-5-8-9-15(6-2)14-19-18(21)16-10-12-17(13-11-16)20(4)24(22,23)7-3/h10-13,15H,5-9,14H2,1-4H3,(H,19,21). The quantitative estimate of drug-likeness (QED) is 0.700. The molecule has 0 spiro atoms. The van der Waals surface area contributed by atoms with Gasteiger partial charge in [-0.3, -0.25) is 9.10 Å². The lowest BCUT2D eigenvalue weighted by molar-refractivity contribution is 0.0946. The highest BCUT2D eigenvalue weighted by Crippen LogP contribution is 2.17. The summed E-state index contributed by atoms with van der Waals surface area (Å²) in [7, 11) is -1.76. The summed E-state index contributed by atoms with van der Waals surface area (Å²) in [6.45, 7) is 6.60. The number of nitrogens with zero attached hydrogens (tertiary/aromatic N) is 1. The van der Waals surface area contributed by atoms with Crippen LogP contribution in [0.2, 0.25) is 0 Å². The van der Waals surface area contributed by atoms with Gasteiger partial charge in [-0.2, -0.15) is 0 Å². The number of hydrogen-bond acceptors (Lipinski definition) is 3. The molecule has 1 amide bonds. The SMILES string of the molecule is CCCCC(CC)CNC(=O)c1ccc(N(C)S(=O)(=O)CC)cc1. The first kappa shape index (κ1) is 20.5. The number of benzene rings is 1. The molecule has 136 valence electrons. The van der Waals surface area contributed by atoms with E-state index >= 15 is 0 Å². The van der Waals surface area contributed by atoms with Gasteiger partial charge in [0.25, 0.3) is 5.91 Å². The van der Waals surface area contributed by atoms with Crippen molar-refractivity contribution in [3.05, 3.63) is 29.8 Å². The number of rotatable bonds is 10. The van der Waals surface area contributed by atoms with Crippen molar-refractivity contribution in [1.82, 2.24) is 5.32 Å². The average molecular weight is 355 g/mol. The van der Waals surface area contributed by atoms with Crippen LogP contribution in [-0.4, -0.2) is 33.7 Å². The van der Waals surface area contributed by atoms with Crippen LogP contribution in [0.5, 0.6) is 0 Å². The van der Waals surface area contributed by atoms with E-state index in [1.807, 2.05) is 0 Å². The molecule has 0 aliphatic heterocycles. The van der Waals surface area contributed by atoms with Crippen LogP contribution in [0.15, 0.2) is 24.3 Å². The first-order valence-corrected chi connectivity index (χ1v) is 10.3. The number of nitrogens with one attached hydrogen (secondary N) is 1. The molecule has 0 aliphatic rings. The Bertz CT molecular complexity index is 612. The van der Waals surface area contributed by atoms with Crippen molar-refractivity contribution in [3.8, 4) is 0 Å². The number of carbonyl (C=O) groups excluding carboxylic acids is 1. The van der Waals surface area contributed by atoms with E-state index in [1.165, 1.54) is 24.2 Å². The zero-order valence-electron chi connectivity index (χ0n) is 15.2. The minimum atomic E-state index is -3.29. The Morgan fingerprint density at radius 2 is 1.79 bits per heavy atom. The third-order valence-corrected chi connectivity index (χ3v) is 6.14. The van der Waals surface area contributed by atoms with E-state index in [0.29, 0.717) is 23.7 Å². The van der Waals surface area contributed by atoms with Gasteiger partial charge in [-0.1, -0.05) is 33.1 Å². The van der Waals surface area contributed by atoms with Crippen molar-refractivity contribution in [1.29, 1.82) is 0 Å². The second kappa shape index (κ2) is 9.67. The zero-order chi connectivity index (χ0) is 18.2. The highest BCUT2D eigenvalue weighted by atomic mass is 32.2. The molecule has 0 radical (unpaired) electrons. The summed E-state index contributed by atoms with van der Waals surface area (Å²) in [6.07, 6.45) is 4.53. The first-order valence-electron chi connectivity index (χ1n) is 8.70. The van der Waals surface area contributed by atoms with Gasteiger partial charge in [-0.25, -0.2) is 8.42 Å². The van der Waals surface area contributed by atoms with Crippen LogP contribution in [0.25, 0.3) is 0 Å². The van der Waals surface area contributed by atoms with Crippen LogP contribution in [0.4, 0.5) is 5.69 Å². The lowest BCUT2D eigenvalue weighted by Crippen LogP contribution is -2.30. The molecule has 0 fully saturated rings. The molecule has 1 atom stereocenters. The predicted molar refractivity (Wildman–Crippen MR) is 99.9 cm³/mol. The highest BCUT2D eigenvalue weighted by Gasteiger charge is 2.16. The number of carbonyl (C=O) groups is 1. The summed E-state index contributed by atoms with van der Waals surface area (Å²) >= 11 is 0. The van der Waals surface area contributed by atoms with E-state index in [9.17, 15) is 13.2 Å². The third kappa shape index (κ3) is 5.82. The van der Waals surface area contributed by atoms with E-state index in [4.69, 9.17) is 0 Å². The number of hydrogen-bond donors (Lipinski definition) is 1. The molecule has 1 unspecified atom stereocenters. The van der Waals surface area contributed by atoms with E-state index in [0.717, 1.165) is 12.8 Å². The summed E-state index contributed by atoms with van der Waals surface area (Å²) in [4.78, 5) is 12.2. The molecule has 5 nitrogen and oxygen atoms in total. The number of amides is 1. The molecular formula is C18H30N2O3S. The minimum absolute atomic E-state index is 0.0436. The Labute approximate surface area is 146 Å². The lowest BCUT2D eigenvalue weighted by atomic mass is 9.99. The van der Waals surface area contributed by atoms with Crippen LogP contribution in [0, 0.1) is 5.92 Å². The Hall–Kier alpha value is -1.56. The van der Waals surface area contributed by atoms with Crippen molar-refractivity contribution >= 4 is 21.6 Å². The Kier molecular flexibility index (Phi) is 8.25. The summed E-state index contributed by atoms with van der Waals surface area (Å²) in [6, 6.07) is 6.66. The summed E-state index contributed by atoms with van der Waals surface area (Å²) < 4.78 is 25.0. The highest BCUT2D eigenvalue weighted by molar-refractivity contribution is 7.92. The predicted octanol–water partition coefficient (Wildman–Crippen LogP) is 3.42. The number of anilines is 1. The molecule has 0 saturated carbocycles. The van der Waals surface area contributed by atoms with Crippen molar-refractivity contribution in [2.45, 2.75) is 46.5 Å². The van der Waals surface area contributed by atoms with Crippen LogP contribution in [-0.2, 0) is 10.0 Å². The van der Waals surface area contributed by atoms with Crippen molar-refractivity contribution in [2.75, 3.05) is 23.7 Å². The van der Waals surface area contributed by atoms with E-state index in [-0.39, 0.29) is 11.7 Å². The molecule has 0 bridgehead atoms. The lowest BCUT2D eigenvalue weighted by Gasteiger charge is -2.19. The fourth-order valence-electron chi connectivity index (χ4n) is 2.46. The minimum Gasteiger partial charge on any atom is -0.352 e. The largest absolute Gasteiger partial charge is 0.352 e. The zero-order valence-corrected chi connectivity index (χ0v) is 16.0. The smallest absolute Gasteiger partial charge is 0.251 e. The molecule has 0 saturated heterocycles. The molecule has 6 heteroatoms. The summed E-state index contributed by atoms with van der Waals surface area (Å²) in [5.74, 6) is 0.438. The fourth-order valence-corrected chi connectivity index (χ4v) is 3.29. The van der Waals surface area contributed by atoms with Crippen LogP contribution >= 0.6 is 0 Å². The van der Waals surface area contributed by atoms with Gasteiger partial charge in [-0.05, 0) is 43.5 Å². The third-order valence-electron chi connectivity index (χ3n) is 4.37. The Morgan fingerprint density at radius 1 is 1.17 bits per heavy atom. The Morgan fingerprint density at radius 3 is 2.29 bits per heavy atom. The van der Waals surface area contributed by atoms with Crippen LogP contribution in [0.1, 0.15) is 56.8 Å². The van der Waals surface area contributed by atoms with Crippen molar-refractivity contribution < 1.29 is 13.2 Å². The first-order chi connectivity index (χ1) is 11.4. The van der Waals surface area contributed by atoms with Gasteiger partial charge in [0, 0.05) is 19.2 Å². The molecule has 1 rings (SSSR count). The molecular weight excluding hydrogens is 324 g/mol. The molecule has 1 aromatic rings. The molecule has 0 heterocycles. The van der Waals surface area contributed by atoms with Crippen LogP contribution in [0.3, 0.4) is 0 Å². The second-order valence-electron chi connectivity index (χ2n) is 6.04. The summed E-state index contributed by atoms with van der Waals surface area (Å²) in [5.41, 5.74) is 1.11. The van der Waals surface area contributed by atoms with Gasteiger partial charge in [0.1, 0.15) is 0 Å². The fraction of sp³-hybridized carbons (Fsp3) is 0.611. The summed E-state index contributed by atoms with van der Waals surface area (Å²) in [5, 5.41) is 2.98. The van der Waals surface area contributed by atoms with Crippen molar-refractivity contribution in [3.63, 3.8) is 0 Å². The molecule has 1 N–H and O–H groups in total. The molecule has 1 aromatic carbocycles. The molecule has 24 heavy (non-hydrogen) atoms. The van der Waals surface area contributed by atoms with Gasteiger partial charge in [0.05, 0.1) is 11.4 Å². The maximum absolute atomic E-state index is 12.2. The number of sulfonamides is 1. The van der Waals surface area contributed by atoms with Crippen LogP contribution < -0.4 is 9.62 Å². The van der Waals surface area contributed by atoms with Gasteiger partial charge in [0.2, 0.25) is 10.0 Å². The van der Waals surface area contributed by atoms with E-state index in [1.54, 1.807) is 31.2 Å².